The van der Waals surface area contributed by atoms with Crippen LogP contribution in [-0.2, 0) is 15.7 Å². The molecule has 2 rings (SSSR count). The van der Waals surface area contributed by atoms with Gasteiger partial charge in [-0.15, -0.1) is 0 Å². The topological polar surface area (TPSA) is 42.1 Å². The van der Waals surface area contributed by atoms with E-state index in [0.717, 1.165) is 7.11 Å². The summed E-state index contributed by atoms with van der Waals surface area (Å²) in [5, 5.41) is -0.0977. The van der Waals surface area contributed by atoms with E-state index in [4.69, 9.17) is 0 Å². The number of aromatic amines is 1. The molecule has 0 amide bonds. The van der Waals surface area contributed by atoms with Crippen LogP contribution >= 0.6 is 0 Å². The Bertz CT molecular complexity index is 716. The Kier molecular flexibility index (Phi) is 4.32. The molecule has 23 heavy (non-hydrogen) atoms. The number of benzene rings is 1. The van der Waals surface area contributed by atoms with Gasteiger partial charge in [-0.1, -0.05) is 18.2 Å². The van der Waals surface area contributed by atoms with Gasteiger partial charge in [-0.25, -0.2) is 0 Å². The first kappa shape index (κ1) is 17.2. The van der Waals surface area contributed by atoms with Crippen LogP contribution < -0.4 is 0 Å². The summed E-state index contributed by atoms with van der Waals surface area (Å²) in [4.78, 5) is 13.8. The van der Waals surface area contributed by atoms with Crippen LogP contribution in [-0.4, -0.2) is 24.2 Å². The maximum Gasteiger partial charge on any atom is 0.431 e. The summed E-state index contributed by atoms with van der Waals surface area (Å²) in [7, 11) is 0.827. The molecule has 0 bridgehead atoms. The molecule has 0 aliphatic carbocycles. The van der Waals surface area contributed by atoms with E-state index in [1.165, 1.54) is 24.3 Å². The van der Waals surface area contributed by atoms with Gasteiger partial charge in [-0.05, 0) is 6.07 Å². The SMILES string of the molecule is COC(=O)C(CC(F)(F)F)c1c(C(F)(F)F)[nH]c2ccccc12. The summed E-state index contributed by atoms with van der Waals surface area (Å²) in [5.41, 5.74) is -2.14. The van der Waals surface area contributed by atoms with Crippen molar-refractivity contribution >= 4 is 16.9 Å². The van der Waals surface area contributed by atoms with Crippen LogP contribution in [0.4, 0.5) is 26.3 Å². The van der Waals surface area contributed by atoms with E-state index in [1.807, 2.05) is 4.98 Å². The largest absolute Gasteiger partial charge is 0.469 e. The van der Waals surface area contributed by atoms with Crippen molar-refractivity contribution in [3.63, 3.8) is 0 Å². The van der Waals surface area contributed by atoms with Crippen molar-refractivity contribution in [2.45, 2.75) is 24.7 Å². The zero-order valence-electron chi connectivity index (χ0n) is 11.7. The highest BCUT2D eigenvalue weighted by atomic mass is 19.4. The lowest BCUT2D eigenvalue weighted by Crippen LogP contribution is -2.24. The molecule has 0 saturated heterocycles. The van der Waals surface area contributed by atoms with Crippen molar-refractivity contribution in [1.82, 2.24) is 4.98 Å². The van der Waals surface area contributed by atoms with Crippen LogP contribution in [0.25, 0.3) is 10.9 Å². The molecule has 2 aromatic rings. The zero-order valence-corrected chi connectivity index (χ0v) is 11.7. The Balaban J connectivity index is 2.72. The van der Waals surface area contributed by atoms with E-state index >= 15 is 0 Å². The molecule has 0 spiro atoms. The van der Waals surface area contributed by atoms with Gasteiger partial charge in [0.15, 0.2) is 0 Å². The number of hydrogen-bond acceptors (Lipinski definition) is 2. The molecule has 0 saturated carbocycles. The number of ether oxygens (including phenoxy) is 1. The second kappa shape index (κ2) is 5.78. The van der Waals surface area contributed by atoms with Crippen LogP contribution in [0.5, 0.6) is 0 Å². The first-order chi connectivity index (χ1) is 10.5. The maximum absolute atomic E-state index is 13.2. The summed E-state index contributed by atoms with van der Waals surface area (Å²) in [6.07, 6.45) is -11.5. The van der Waals surface area contributed by atoms with Crippen molar-refractivity contribution in [3.8, 4) is 0 Å². The number of hydrogen-bond donors (Lipinski definition) is 1. The molecule has 1 N–H and O–H groups in total. The second-order valence-corrected chi connectivity index (χ2v) is 4.85. The molecule has 9 heteroatoms. The minimum Gasteiger partial charge on any atom is -0.469 e. The quantitative estimate of drug-likeness (QED) is 0.665. The zero-order chi connectivity index (χ0) is 17.4. The fraction of sp³-hybridized carbons (Fsp3) is 0.357. The van der Waals surface area contributed by atoms with Crippen LogP contribution in [0.1, 0.15) is 23.6 Å². The average Bonchev–Trinajstić information content (AvgIpc) is 2.82. The third-order valence-electron chi connectivity index (χ3n) is 3.30. The number of methoxy groups -OCH3 is 1. The highest BCUT2D eigenvalue weighted by molar-refractivity contribution is 5.91. The number of carbonyl (C=O) groups excluding carboxylic acids is 1. The lowest BCUT2D eigenvalue weighted by atomic mass is 9.92. The standard InChI is InChI=1S/C14H11F6NO2/c1-23-12(22)8(6-13(15,16)17)10-7-4-2-3-5-9(7)21-11(10)14(18,19)20/h2-5,8,21H,6H2,1H3. The highest BCUT2D eigenvalue weighted by Crippen LogP contribution is 2.43. The maximum atomic E-state index is 13.2. The number of fused-ring (bicyclic) bond motifs is 1. The summed E-state index contributed by atoms with van der Waals surface area (Å²) in [6, 6.07) is 5.32. The van der Waals surface area contributed by atoms with Crippen LogP contribution in [0.3, 0.4) is 0 Å². The van der Waals surface area contributed by atoms with Gasteiger partial charge in [0, 0.05) is 16.5 Å². The van der Waals surface area contributed by atoms with Gasteiger partial charge in [0.2, 0.25) is 0 Å². The molecule has 0 aliphatic heterocycles. The molecule has 0 aliphatic rings. The number of esters is 1. The first-order valence-corrected chi connectivity index (χ1v) is 6.37. The summed E-state index contributed by atoms with van der Waals surface area (Å²) < 4.78 is 82.0. The van der Waals surface area contributed by atoms with Gasteiger partial charge in [-0.2, -0.15) is 26.3 Å². The van der Waals surface area contributed by atoms with Crippen LogP contribution in [0.2, 0.25) is 0 Å². The second-order valence-electron chi connectivity index (χ2n) is 4.85. The predicted molar refractivity (Wildman–Crippen MR) is 68.7 cm³/mol. The van der Waals surface area contributed by atoms with Crippen LogP contribution in [0.15, 0.2) is 24.3 Å². The smallest absolute Gasteiger partial charge is 0.431 e. The van der Waals surface area contributed by atoms with Crippen molar-refractivity contribution in [3.05, 3.63) is 35.5 Å². The fourth-order valence-electron chi connectivity index (χ4n) is 2.43. The summed E-state index contributed by atoms with van der Waals surface area (Å²) in [6.45, 7) is 0. The first-order valence-electron chi connectivity index (χ1n) is 6.37. The van der Waals surface area contributed by atoms with E-state index in [1.54, 1.807) is 0 Å². The van der Waals surface area contributed by atoms with Crippen molar-refractivity contribution in [1.29, 1.82) is 0 Å². The lowest BCUT2D eigenvalue weighted by Gasteiger charge is -2.19. The van der Waals surface area contributed by atoms with Gasteiger partial charge in [-0.3, -0.25) is 4.79 Å². The summed E-state index contributed by atoms with van der Waals surface area (Å²) >= 11 is 0. The number of alkyl halides is 6. The third kappa shape index (κ3) is 3.59. The Morgan fingerprint density at radius 1 is 1.17 bits per heavy atom. The molecule has 1 heterocycles. The molecular weight excluding hydrogens is 328 g/mol. The minimum atomic E-state index is -4.94. The van der Waals surface area contributed by atoms with Crippen molar-refractivity contribution in [2.75, 3.05) is 7.11 Å². The van der Waals surface area contributed by atoms with Crippen LogP contribution in [0, 0.1) is 0 Å². The highest BCUT2D eigenvalue weighted by Gasteiger charge is 2.44. The van der Waals surface area contributed by atoms with E-state index in [2.05, 4.69) is 4.74 Å². The van der Waals surface area contributed by atoms with E-state index < -0.39 is 41.9 Å². The molecule has 1 unspecified atom stereocenters. The average molecular weight is 339 g/mol. The molecular formula is C14H11F6NO2. The minimum absolute atomic E-state index is 0.00842. The number of aromatic nitrogens is 1. The van der Waals surface area contributed by atoms with Gasteiger partial charge in [0.1, 0.15) is 5.69 Å². The molecule has 1 aromatic carbocycles. The number of rotatable bonds is 3. The number of halogens is 6. The van der Waals surface area contributed by atoms with Crippen molar-refractivity contribution < 1.29 is 35.9 Å². The van der Waals surface area contributed by atoms with Gasteiger partial charge < -0.3 is 9.72 Å². The summed E-state index contributed by atoms with van der Waals surface area (Å²) in [5.74, 6) is -3.48. The lowest BCUT2D eigenvalue weighted by molar-refractivity contribution is -0.160. The van der Waals surface area contributed by atoms with Crippen molar-refractivity contribution in [2.24, 2.45) is 0 Å². The number of carbonyl (C=O) groups is 1. The molecule has 1 atom stereocenters. The number of para-hydroxylation sites is 1. The molecule has 0 fully saturated rings. The van der Waals surface area contributed by atoms with E-state index in [-0.39, 0.29) is 10.9 Å². The Hall–Kier alpha value is -2.19. The molecule has 0 radical (unpaired) electrons. The number of nitrogens with one attached hydrogen (secondary N) is 1. The van der Waals surface area contributed by atoms with E-state index in [0.29, 0.717) is 0 Å². The number of H-pyrrole nitrogens is 1. The third-order valence-corrected chi connectivity index (χ3v) is 3.30. The van der Waals surface area contributed by atoms with Gasteiger partial charge in [0.25, 0.3) is 0 Å². The Morgan fingerprint density at radius 3 is 2.30 bits per heavy atom. The Morgan fingerprint density at radius 2 is 1.78 bits per heavy atom. The molecule has 126 valence electrons. The molecule has 3 nitrogen and oxygen atoms in total. The predicted octanol–water partition coefficient (Wildman–Crippen LogP) is 4.40. The van der Waals surface area contributed by atoms with Gasteiger partial charge in [0.05, 0.1) is 19.4 Å². The van der Waals surface area contributed by atoms with Gasteiger partial charge >= 0.3 is 18.3 Å². The monoisotopic (exact) mass is 339 g/mol. The fourth-order valence-corrected chi connectivity index (χ4v) is 2.43. The normalized spacial score (nSPS) is 14.0. The van der Waals surface area contributed by atoms with E-state index in [9.17, 15) is 31.1 Å². The Labute approximate surface area is 126 Å². The molecule has 1 aromatic heterocycles.